The van der Waals surface area contributed by atoms with Crippen LogP contribution in [0.2, 0.25) is 0 Å². The maximum Gasteiger partial charge on any atom is 0.306 e. The number of carbonyl (C=O) groups is 2. The Balaban J connectivity index is 1.83. The van der Waals surface area contributed by atoms with Crippen molar-refractivity contribution in [2.45, 2.75) is 63.5 Å². The van der Waals surface area contributed by atoms with Gasteiger partial charge in [0, 0.05) is 30.6 Å². The van der Waals surface area contributed by atoms with Crippen LogP contribution in [-0.2, 0) is 27.8 Å². The molecule has 6 nitrogen and oxygen atoms in total. The van der Waals surface area contributed by atoms with Gasteiger partial charge in [0.1, 0.15) is 0 Å². The van der Waals surface area contributed by atoms with Crippen molar-refractivity contribution in [1.29, 1.82) is 0 Å². The van der Waals surface area contributed by atoms with Gasteiger partial charge in [-0.25, -0.2) is 0 Å². The Morgan fingerprint density at radius 2 is 1.88 bits per heavy atom. The zero-order chi connectivity index (χ0) is 24.0. The highest BCUT2D eigenvalue weighted by Gasteiger charge is 2.46. The minimum Gasteiger partial charge on any atom is -0.481 e. The lowest BCUT2D eigenvalue weighted by Crippen LogP contribution is -2.59. The summed E-state index contributed by atoms with van der Waals surface area (Å²) in [5.74, 6) is -1.67. The van der Waals surface area contributed by atoms with Crippen molar-refractivity contribution in [3.8, 4) is 0 Å². The van der Waals surface area contributed by atoms with E-state index in [1.54, 1.807) is 13.2 Å². The van der Waals surface area contributed by atoms with Crippen LogP contribution in [0.3, 0.4) is 0 Å². The van der Waals surface area contributed by atoms with Crippen LogP contribution in [-0.4, -0.2) is 42.8 Å². The van der Waals surface area contributed by atoms with Crippen LogP contribution in [0.4, 0.5) is 0 Å². The summed E-state index contributed by atoms with van der Waals surface area (Å²) >= 11 is 0. The summed E-state index contributed by atoms with van der Waals surface area (Å²) in [7, 11) is 1.73. The summed E-state index contributed by atoms with van der Waals surface area (Å²) in [4.78, 5) is 23.8. The monoisotopic (exact) mass is 452 g/mol. The van der Waals surface area contributed by atoms with Gasteiger partial charge in [0.15, 0.2) is 0 Å². The number of nitrogens with one attached hydrogen (secondary N) is 1. The van der Waals surface area contributed by atoms with Crippen molar-refractivity contribution in [2.75, 3.05) is 13.7 Å². The number of hydrogen-bond donors (Lipinski definition) is 3. The standard InChI is InChI=1S/C27H36N2O4/c1-4-27(5-2)22-16-20(25(28)30)12-11-19(22)17-23(33-3)24(27)29-14-13-21(26(31)32)15-18-9-7-6-8-10-18/h6-12,16,21,23-24,29H,4-5,13-15,17H2,1-3H3,(H2,28,30)(H,31,32)/t21?,23-,24+/m0/s1. The number of carboxylic acid groups (broad SMARTS) is 1. The van der Waals surface area contributed by atoms with Crippen LogP contribution in [0.25, 0.3) is 0 Å². The number of nitrogens with two attached hydrogens (primary N) is 1. The fraction of sp³-hybridized carbons (Fsp3) is 0.481. The number of carboxylic acids is 1. The molecule has 3 atom stereocenters. The molecule has 2 aromatic carbocycles. The van der Waals surface area contributed by atoms with Crippen molar-refractivity contribution in [2.24, 2.45) is 11.7 Å². The largest absolute Gasteiger partial charge is 0.481 e. The van der Waals surface area contributed by atoms with Gasteiger partial charge in [-0.05, 0) is 61.1 Å². The van der Waals surface area contributed by atoms with E-state index in [-0.39, 0.29) is 17.6 Å². The van der Waals surface area contributed by atoms with Crippen LogP contribution in [0.5, 0.6) is 0 Å². The van der Waals surface area contributed by atoms with Gasteiger partial charge in [0.05, 0.1) is 12.0 Å². The first kappa shape index (κ1) is 24.9. The molecule has 0 bridgehead atoms. The molecule has 1 aliphatic rings. The van der Waals surface area contributed by atoms with Crippen molar-refractivity contribution < 1.29 is 19.4 Å². The summed E-state index contributed by atoms with van der Waals surface area (Å²) in [5.41, 5.74) is 9.21. The van der Waals surface area contributed by atoms with Crippen LogP contribution < -0.4 is 11.1 Å². The Morgan fingerprint density at radius 3 is 2.45 bits per heavy atom. The Kier molecular flexibility index (Phi) is 8.27. The van der Waals surface area contributed by atoms with Gasteiger partial charge in [-0.3, -0.25) is 9.59 Å². The second kappa shape index (κ2) is 10.9. The van der Waals surface area contributed by atoms with Crippen LogP contribution in [0.1, 0.15) is 60.2 Å². The molecule has 0 fully saturated rings. The summed E-state index contributed by atoms with van der Waals surface area (Å²) in [5, 5.41) is 13.5. The molecule has 1 aliphatic carbocycles. The summed E-state index contributed by atoms with van der Waals surface area (Å²) in [6, 6.07) is 15.5. The molecule has 3 rings (SSSR count). The van der Waals surface area contributed by atoms with E-state index in [4.69, 9.17) is 10.5 Å². The number of hydrogen-bond acceptors (Lipinski definition) is 4. The van der Waals surface area contributed by atoms with Gasteiger partial charge < -0.3 is 20.9 Å². The fourth-order valence-electron chi connectivity index (χ4n) is 5.47. The average Bonchev–Trinajstić information content (AvgIpc) is 2.83. The van der Waals surface area contributed by atoms with Gasteiger partial charge in [-0.1, -0.05) is 50.2 Å². The SMILES string of the molecule is CCC1(CC)c2cc(C(N)=O)ccc2C[C@H](OC)[C@H]1NCCC(Cc1ccccc1)C(=O)O. The minimum atomic E-state index is -0.777. The molecule has 0 saturated heterocycles. The third kappa shape index (κ3) is 5.28. The third-order valence-corrected chi connectivity index (χ3v) is 7.41. The van der Waals surface area contributed by atoms with Crippen LogP contribution in [0, 0.1) is 5.92 Å². The van der Waals surface area contributed by atoms with Gasteiger partial charge in [-0.15, -0.1) is 0 Å². The molecule has 4 N–H and O–H groups in total. The lowest BCUT2D eigenvalue weighted by molar-refractivity contribution is -0.141. The normalized spacial score (nSPS) is 20.1. The first-order valence-corrected chi connectivity index (χ1v) is 11.8. The number of aliphatic carboxylic acids is 1. The number of primary amides is 1. The Morgan fingerprint density at radius 1 is 1.18 bits per heavy atom. The third-order valence-electron chi connectivity index (χ3n) is 7.41. The smallest absolute Gasteiger partial charge is 0.306 e. The maximum absolute atomic E-state index is 11.9. The topological polar surface area (TPSA) is 102 Å². The maximum atomic E-state index is 11.9. The molecule has 6 heteroatoms. The molecule has 178 valence electrons. The van der Waals surface area contributed by atoms with Crippen molar-refractivity contribution in [1.82, 2.24) is 5.32 Å². The Bertz CT molecular complexity index is 956. The van der Waals surface area contributed by atoms with E-state index in [0.29, 0.717) is 24.9 Å². The molecule has 0 aromatic heterocycles. The lowest BCUT2D eigenvalue weighted by atomic mass is 9.62. The van der Waals surface area contributed by atoms with Crippen LogP contribution >= 0.6 is 0 Å². The molecule has 2 aromatic rings. The van der Waals surface area contributed by atoms with Gasteiger partial charge in [-0.2, -0.15) is 0 Å². The molecule has 33 heavy (non-hydrogen) atoms. The van der Waals surface area contributed by atoms with E-state index in [1.807, 2.05) is 42.5 Å². The Labute approximate surface area is 196 Å². The van der Waals surface area contributed by atoms with Crippen molar-refractivity contribution in [3.63, 3.8) is 0 Å². The predicted octanol–water partition coefficient (Wildman–Crippen LogP) is 3.71. The predicted molar refractivity (Wildman–Crippen MR) is 129 cm³/mol. The van der Waals surface area contributed by atoms with E-state index in [1.165, 1.54) is 5.56 Å². The molecular weight excluding hydrogens is 416 g/mol. The van der Waals surface area contributed by atoms with Gasteiger partial charge >= 0.3 is 5.97 Å². The highest BCUT2D eigenvalue weighted by atomic mass is 16.5. The quantitative estimate of drug-likeness (QED) is 0.482. The summed E-state index contributed by atoms with van der Waals surface area (Å²) < 4.78 is 5.93. The first-order valence-electron chi connectivity index (χ1n) is 11.8. The number of benzene rings is 2. The zero-order valence-electron chi connectivity index (χ0n) is 19.8. The molecule has 1 unspecified atom stereocenters. The minimum absolute atomic E-state index is 0.000651. The number of fused-ring (bicyclic) bond motifs is 1. The van der Waals surface area contributed by atoms with E-state index >= 15 is 0 Å². The van der Waals surface area contributed by atoms with Crippen molar-refractivity contribution >= 4 is 11.9 Å². The fourth-order valence-corrected chi connectivity index (χ4v) is 5.47. The molecule has 0 saturated carbocycles. The number of methoxy groups -OCH3 is 1. The number of ether oxygens (including phenoxy) is 1. The van der Waals surface area contributed by atoms with Gasteiger partial charge in [0.25, 0.3) is 0 Å². The van der Waals surface area contributed by atoms with E-state index in [2.05, 4.69) is 19.2 Å². The van der Waals surface area contributed by atoms with E-state index in [0.717, 1.165) is 30.4 Å². The second-order valence-corrected chi connectivity index (χ2v) is 9.02. The molecular formula is C27H36N2O4. The Hall–Kier alpha value is -2.70. The van der Waals surface area contributed by atoms with Crippen molar-refractivity contribution in [3.05, 3.63) is 70.8 Å². The number of carbonyl (C=O) groups excluding carboxylic acids is 1. The number of amides is 1. The van der Waals surface area contributed by atoms with Crippen LogP contribution in [0.15, 0.2) is 48.5 Å². The second-order valence-electron chi connectivity index (χ2n) is 9.02. The zero-order valence-corrected chi connectivity index (χ0v) is 19.8. The summed E-state index contributed by atoms with van der Waals surface area (Å²) in [6.07, 6.45) is 3.44. The number of rotatable bonds is 11. The average molecular weight is 453 g/mol. The lowest BCUT2D eigenvalue weighted by Gasteiger charge is -2.49. The molecule has 0 aliphatic heterocycles. The van der Waals surface area contributed by atoms with E-state index < -0.39 is 17.8 Å². The molecule has 0 radical (unpaired) electrons. The molecule has 0 spiro atoms. The van der Waals surface area contributed by atoms with Gasteiger partial charge in [0.2, 0.25) is 5.91 Å². The molecule has 0 heterocycles. The summed E-state index contributed by atoms with van der Waals surface area (Å²) in [6.45, 7) is 4.89. The first-order chi connectivity index (χ1) is 15.9. The molecule has 1 amide bonds. The highest BCUT2D eigenvalue weighted by Crippen LogP contribution is 2.44. The van der Waals surface area contributed by atoms with E-state index in [9.17, 15) is 14.7 Å². The highest BCUT2D eigenvalue weighted by molar-refractivity contribution is 5.93.